The van der Waals surface area contributed by atoms with E-state index in [1.165, 1.54) is 12.1 Å². The minimum atomic E-state index is -3.82. The van der Waals surface area contributed by atoms with Crippen LogP contribution < -0.4 is 10.0 Å². The van der Waals surface area contributed by atoms with Crippen LogP contribution in [-0.2, 0) is 19.6 Å². The molecule has 156 valence electrons. The lowest BCUT2D eigenvalue weighted by Gasteiger charge is -2.08. The van der Waals surface area contributed by atoms with Crippen molar-refractivity contribution in [1.82, 2.24) is 4.72 Å². The van der Waals surface area contributed by atoms with Crippen LogP contribution in [0.15, 0.2) is 47.4 Å². The minimum Gasteiger partial charge on any atom is -0.452 e. The smallest absolute Gasteiger partial charge is 0.338 e. The summed E-state index contributed by atoms with van der Waals surface area (Å²) in [6.45, 7) is -0.924. The van der Waals surface area contributed by atoms with Crippen molar-refractivity contribution in [2.45, 2.75) is 4.90 Å². The predicted molar refractivity (Wildman–Crippen MR) is 102 cm³/mol. The van der Waals surface area contributed by atoms with E-state index in [-0.39, 0.29) is 22.7 Å². The van der Waals surface area contributed by atoms with Crippen molar-refractivity contribution in [2.75, 3.05) is 18.5 Å². The molecule has 0 radical (unpaired) electrons. The van der Waals surface area contributed by atoms with E-state index >= 15 is 0 Å². The minimum absolute atomic E-state index is 0.0175. The van der Waals surface area contributed by atoms with Crippen molar-refractivity contribution < 1.29 is 32.1 Å². The van der Waals surface area contributed by atoms with E-state index in [4.69, 9.17) is 11.2 Å². The second-order valence-corrected chi connectivity index (χ2v) is 7.37. The van der Waals surface area contributed by atoms with Crippen molar-refractivity contribution in [3.8, 4) is 12.3 Å². The topological polar surface area (TPSA) is 145 Å². The largest absolute Gasteiger partial charge is 0.452 e. The number of benzene rings is 2. The zero-order valence-electron chi connectivity index (χ0n) is 15.1. The van der Waals surface area contributed by atoms with E-state index in [0.29, 0.717) is 0 Å². The zero-order chi connectivity index (χ0) is 22.3. The number of nitro benzene ring substituents is 1. The Morgan fingerprint density at radius 1 is 1.20 bits per heavy atom. The third-order valence-corrected chi connectivity index (χ3v) is 4.94. The Labute approximate surface area is 170 Å². The van der Waals surface area contributed by atoms with Crippen molar-refractivity contribution in [3.05, 3.63) is 64.0 Å². The van der Waals surface area contributed by atoms with Gasteiger partial charge in [-0.1, -0.05) is 5.92 Å². The Balaban J connectivity index is 1.96. The Hall–Kier alpha value is -3.82. The Morgan fingerprint density at radius 3 is 2.47 bits per heavy atom. The van der Waals surface area contributed by atoms with E-state index in [2.05, 4.69) is 16.0 Å². The highest BCUT2D eigenvalue weighted by atomic mass is 32.2. The monoisotopic (exact) mass is 435 g/mol. The van der Waals surface area contributed by atoms with Crippen LogP contribution in [-0.4, -0.2) is 38.4 Å². The fourth-order valence-corrected chi connectivity index (χ4v) is 3.07. The van der Waals surface area contributed by atoms with Crippen molar-refractivity contribution in [2.24, 2.45) is 0 Å². The first-order chi connectivity index (χ1) is 14.1. The Bertz CT molecular complexity index is 1130. The number of ether oxygens (including phenoxy) is 1. The van der Waals surface area contributed by atoms with Gasteiger partial charge in [0.1, 0.15) is 0 Å². The van der Waals surface area contributed by atoms with E-state index < -0.39 is 44.9 Å². The van der Waals surface area contributed by atoms with E-state index in [9.17, 15) is 32.5 Å². The first-order valence-electron chi connectivity index (χ1n) is 8.08. The van der Waals surface area contributed by atoms with E-state index in [0.717, 1.165) is 30.3 Å². The SMILES string of the molecule is C#CCNS(=O)(=O)c1ccc(C(=O)OCC(=O)Nc2ccc(F)c([N+](=O)[O-])c2)cc1. The highest BCUT2D eigenvalue weighted by Crippen LogP contribution is 2.21. The highest BCUT2D eigenvalue weighted by molar-refractivity contribution is 7.89. The van der Waals surface area contributed by atoms with Gasteiger partial charge in [0.25, 0.3) is 5.91 Å². The summed E-state index contributed by atoms with van der Waals surface area (Å²) in [5.41, 5.74) is -0.897. The third kappa shape index (κ3) is 5.84. The van der Waals surface area contributed by atoms with Gasteiger partial charge in [-0.25, -0.2) is 13.2 Å². The number of hydrogen-bond acceptors (Lipinski definition) is 7. The maximum atomic E-state index is 13.3. The van der Waals surface area contributed by atoms with E-state index in [1.54, 1.807) is 0 Å². The lowest BCUT2D eigenvalue weighted by Crippen LogP contribution is -2.24. The summed E-state index contributed by atoms with van der Waals surface area (Å²) in [6, 6.07) is 7.44. The molecular weight excluding hydrogens is 421 g/mol. The average molecular weight is 435 g/mol. The number of amides is 1. The second kappa shape index (κ2) is 9.59. The van der Waals surface area contributed by atoms with Crippen molar-refractivity contribution >= 4 is 33.3 Å². The van der Waals surface area contributed by atoms with Crippen molar-refractivity contribution in [3.63, 3.8) is 0 Å². The molecule has 2 N–H and O–H groups in total. The van der Waals surface area contributed by atoms with Gasteiger partial charge in [0.15, 0.2) is 6.61 Å². The summed E-state index contributed by atoms with van der Waals surface area (Å²) < 4.78 is 44.1. The molecular formula is C18H14FN3O7S. The molecule has 1 amide bonds. The summed E-state index contributed by atoms with van der Waals surface area (Å²) in [6.07, 6.45) is 4.99. The number of nitro groups is 1. The summed E-state index contributed by atoms with van der Waals surface area (Å²) in [7, 11) is -3.82. The molecule has 0 saturated carbocycles. The van der Waals surface area contributed by atoms with Gasteiger partial charge in [-0.3, -0.25) is 14.9 Å². The third-order valence-electron chi connectivity index (χ3n) is 3.53. The van der Waals surface area contributed by atoms with Crippen LogP contribution in [0, 0.1) is 28.3 Å². The molecule has 12 heteroatoms. The number of halogens is 1. The van der Waals surface area contributed by atoms with Crippen molar-refractivity contribution in [1.29, 1.82) is 0 Å². The molecule has 2 rings (SSSR count). The highest BCUT2D eigenvalue weighted by Gasteiger charge is 2.17. The molecule has 30 heavy (non-hydrogen) atoms. The molecule has 0 saturated heterocycles. The number of hydrogen-bond donors (Lipinski definition) is 2. The number of nitrogens with zero attached hydrogens (tertiary/aromatic N) is 1. The summed E-state index contributed by atoms with van der Waals surface area (Å²) in [4.78, 5) is 33.5. The van der Waals surface area contributed by atoms with Crippen LogP contribution in [0.25, 0.3) is 0 Å². The first kappa shape index (κ1) is 22.5. The average Bonchev–Trinajstić information content (AvgIpc) is 2.71. The molecule has 0 fully saturated rings. The first-order valence-corrected chi connectivity index (χ1v) is 9.56. The standard InChI is InChI=1S/C18H14FN3O7S/c1-2-9-20-30(27,28)14-6-3-12(4-7-14)18(24)29-11-17(23)21-13-5-8-15(19)16(10-13)22(25)26/h1,3-8,10,20H,9,11H2,(H,21,23). The van der Waals surface area contributed by atoms with Crippen LogP contribution in [0.1, 0.15) is 10.4 Å². The second-order valence-electron chi connectivity index (χ2n) is 5.60. The van der Waals surface area contributed by atoms with Gasteiger partial charge in [-0.05, 0) is 36.4 Å². The summed E-state index contributed by atoms with van der Waals surface area (Å²) >= 11 is 0. The number of carbonyl (C=O) groups excluding carboxylic acids is 2. The number of sulfonamides is 1. The lowest BCUT2D eigenvalue weighted by atomic mass is 10.2. The number of rotatable bonds is 8. The molecule has 10 nitrogen and oxygen atoms in total. The van der Waals surface area contributed by atoms with Gasteiger partial charge in [0.05, 0.1) is 21.9 Å². The Kier molecular flexibility index (Phi) is 7.18. The molecule has 0 aromatic heterocycles. The maximum absolute atomic E-state index is 13.3. The summed E-state index contributed by atoms with van der Waals surface area (Å²) in [5, 5.41) is 12.9. The molecule has 0 spiro atoms. The Morgan fingerprint density at radius 2 is 1.87 bits per heavy atom. The number of nitrogens with one attached hydrogen (secondary N) is 2. The molecule has 0 aliphatic heterocycles. The molecule has 0 aliphatic rings. The van der Waals surface area contributed by atoms with Gasteiger partial charge in [-0.15, -0.1) is 6.42 Å². The quantitative estimate of drug-likeness (QED) is 0.276. The molecule has 0 bridgehead atoms. The van der Waals surface area contributed by atoms with Crippen LogP contribution in [0.2, 0.25) is 0 Å². The molecule has 0 unspecified atom stereocenters. The van der Waals surface area contributed by atoms with Gasteiger partial charge >= 0.3 is 11.7 Å². The van der Waals surface area contributed by atoms with Gasteiger partial charge in [-0.2, -0.15) is 9.11 Å². The summed E-state index contributed by atoms with van der Waals surface area (Å²) in [5.74, 6) is -0.665. The van der Waals surface area contributed by atoms with Gasteiger partial charge < -0.3 is 10.1 Å². The van der Waals surface area contributed by atoms with Crippen LogP contribution in [0.5, 0.6) is 0 Å². The number of anilines is 1. The number of terminal acetylenes is 1. The molecule has 0 aliphatic carbocycles. The molecule has 2 aromatic carbocycles. The number of esters is 1. The van der Waals surface area contributed by atoms with Crippen LogP contribution in [0.4, 0.5) is 15.8 Å². The molecule has 2 aromatic rings. The van der Waals surface area contributed by atoms with Crippen LogP contribution >= 0.6 is 0 Å². The van der Waals surface area contributed by atoms with Gasteiger partial charge in [0.2, 0.25) is 15.8 Å². The fraction of sp³-hybridized carbons (Fsp3) is 0.111. The fourth-order valence-electron chi connectivity index (χ4n) is 2.13. The number of carbonyl (C=O) groups is 2. The lowest BCUT2D eigenvalue weighted by molar-refractivity contribution is -0.387. The van der Waals surface area contributed by atoms with Gasteiger partial charge in [0, 0.05) is 11.8 Å². The predicted octanol–water partition coefficient (Wildman–Crippen LogP) is 1.44. The molecule has 0 atom stereocenters. The van der Waals surface area contributed by atoms with Crippen LogP contribution in [0.3, 0.4) is 0 Å². The zero-order valence-corrected chi connectivity index (χ0v) is 15.9. The molecule has 0 heterocycles. The maximum Gasteiger partial charge on any atom is 0.338 e. The van der Waals surface area contributed by atoms with E-state index in [1.807, 2.05) is 0 Å². The normalized spacial score (nSPS) is 10.7.